The van der Waals surface area contributed by atoms with E-state index in [2.05, 4.69) is 31.1 Å². The van der Waals surface area contributed by atoms with Crippen LogP contribution in [0.5, 0.6) is 0 Å². The van der Waals surface area contributed by atoms with Gasteiger partial charge in [-0.25, -0.2) is 4.98 Å². The number of nitrogens with one attached hydrogen (secondary N) is 1. The van der Waals surface area contributed by atoms with Gasteiger partial charge >= 0.3 is 6.18 Å². The molecule has 0 radical (unpaired) electrons. The molecule has 0 aromatic carbocycles. The fraction of sp³-hybridized carbons (Fsp3) is 0.786. The van der Waals surface area contributed by atoms with Crippen LogP contribution in [0.2, 0.25) is 0 Å². The van der Waals surface area contributed by atoms with E-state index in [9.17, 15) is 13.2 Å². The van der Waals surface area contributed by atoms with Crippen molar-refractivity contribution < 1.29 is 13.2 Å². The summed E-state index contributed by atoms with van der Waals surface area (Å²) in [5.41, 5.74) is 0.830. The molecule has 21 heavy (non-hydrogen) atoms. The summed E-state index contributed by atoms with van der Waals surface area (Å²) in [6.45, 7) is 9.81. The fourth-order valence-corrected chi connectivity index (χ4v) is 2.89. The van der Waals surface area contributed by atoms with Crippen LogP contribution in [0.1, 0.15) is 51.1 Å². The van der Waals surface area contributed by atoms with Crippen molar-refractivity contribution in [1.29, 1.82) is 0 Å². The summed E-state index contributed by atoms with van der Waals surface area (Å²) >= 11 is 1.33. The average Bonchev–Trinajstić information content (AvgIpc) is 2.67. The molecule has 122 valence electrons. The number of thiazole rings is 1. The van der Waals surface area contributed by atoms with E-state index in [-0.39, 0.29) is 11.5 Å². The number of hydrogen-bond acceptors (Lipinski definition) is 4. The van der Waals surface area contributed by atoms with Gasteiger partial charge in [-0.1, -0.05) is 13.8 Å². The van der Waals surface area contributed by atoms with Crippen LogP contribution in [0.15, 0.2) is 0 Å². The maximum absolute atomic E-state index is 12.5. The Morgan fingerprint density at radius 3 is 2.24 bits per heavy atom. The van der Waals surface area contributed by atoms with Gasteiger partial charge in [0.15, 0.2) is 5.13 Å². The number of anilines is 1. The van der Waals surface area contributed by atoms with Gasteiger partial charge in [0.2, 0.25) is 0 Å². The van der Waals surface area contributed by atoms with E-state index in [1.54, 1.807) is 0 Å². The van der Waals surface area contributed by atoms with E-state index < -0.39 is 12.7 Å². The molecule has 1 N–H and O–H groups in total. The zero-order valence-electron chi connectivity index (χ0n) is 13.4. The molecule has 0 spiro atoms. The maximum Gasteiger partial charge on any atom is 0.405 e. The minimum atomic E-state index is -4.22. The first-order valence-electron chi connectivity index (χ1n) is 6.91. The van der Waals surface area contributed by atoms with Gasteiger partial charge in [-0.3, -0.25) is 0 Å². The largest absolute Gasteiger partial charge is 0.405 e. The summed E-state index contributed by atoms with van der Waals surface area (Å²) in [5, 5.41) is 3.78. The molecule has 0 saturated carbocycles. The summed E-state index contributed by atoms with van der Waals surface area (Å²) in [4.78, 5) is 6.57. The molecule has 0 amide bonds. The first-order valence-corrected chi connectivity index (χ1v) is 7.73. The fourth-order valence-electron chi connectivity index (χ4n) is 1.77. The smallest absolute Gasteiger partial charge is 0.342 e. The van der Waals surface area contributed by atoms with Crippen LogP contribution in [0.25, 0.3) is 0 Å². The van der Waals surface area contributed by atoms with Crippen molar-refractivity contribution in [3.63, 3.8) is 0 Å². The Balaban J connectivity index is 2.93. The third-order valence-electron chi connectivity index (χ3n) is 2.79. The summed E-state index contributed by atoms with van der Waals surface area (Å²) in [5.74, 6) is 0.186. The van der Waals surface area contributed by atoms with Crippen LogP contribution >= 0.6 is 11.3 Å². The number of nitrogens with zero attached hydrogens (tertiary/aromatic N) is 2. The molecular weight excluding hydrogens is 299 g/mol. The van der Waals surface area contributed by atoms with Gasteiger partial charge in [-0.2, -0.15) is 13.2 Å². The van der Waals surface area contributed by atoms with Gasteiger partial charge in [0.25, 0.3) is 0 Å². The van der Waals surface area contributed by atoms with E-state index in [1.165, 1.54) is 18.4 Å². The molecule has 0 unspecified atom stereocenters. The van der Waals surface area contributed by atoms with Gasteiger partial charge in [-0.05, 0) is 26.7 Å². The highest BCUT2D eigenvalue weighted by atomic mass is 32.1. The molecule has 0 bridgehead atoms. The highest BCUT2D eigenvalue weighted by Gasteiger charge is 2.31. The third-order valence-corrected chi connectivity index (χ3v) is 3.97. The van der Waals surface area contributed by atoms with E-state index in [1.807, 2.05) is 13.8 Å². The molecular formula is C14H24F3N3S. The number of halogens is 3. The number of rotatable bonds is 5. The Kier molecular flexibility index (Phi) is 5.66. The normalized spacial score (nSPS) is 13.0. The zero-order valence-corrected chi connectivity index (χ0v) is 14.2. The highest BCUT2D eigenvalue weighted by molar-refractivity contribution is 7.15. The van der Waals surface area contributed by atoms with Crippen molar-refractivity contribution in [1.82, 2.24) is 10.3 Å². The Bertz CT molecular complexity index is 461. The van der Waals surface area contributed by atoms with Gasteiger partial charge in [-0.15, -0.1) is 11.3 Å². The molecule has 1 aromatic rings. The summed E-state index contributed by atoms with van der Waals surface area (Å²) in [7, 11) is 1.43. The molecule has 0 atom stereocenters. The van der Waals surface area contributed by atoms with Gasteiger partial charge in [0.1, 0.15) is 6.54 Å². The predicted octanol–water partition coefficient (Wildman–Crippen LogP) is 4.15. The Hall–Kier alpha value is -0.820. The van der Waals surface area contributed by atoms with E-state index in [0.29, 0.717) is 11.7 Å². The second kappa shape index (κ2) is 6.52. The van der Waals surface area contributed by atoms with E-state index >= 15 is 0 Å². The van der Waals surface area contributed by atoms with Crippen LogP contribution in [-0.2, 0) is 6.54 Å². The minimum absolute atomic E-state index is 0.0454. The predicted molar refractivity (Wildman–Crippen MR) is 82.1 cm³/mol. The first-order chi connectivity index (χ1) is 9.39. The molecule has 0 aliphatic carbocycles. The lowest BCUT2D eigenvalue weighted by Gasteiger charge is -2.20. The first kappa shape index (κ1) is 18.2. The zero-order chi connectivity index (χ0) is 16.4. The topological polar surface area (TPSA) is 28.2 Å². The molecule has 0 aliphatic heterocycles. The molecule has 1 aromatic heterocycles. The molecule has 1 heterocycles. The maximum atomic E-state index is 12.5. The van der Waals surface area contributed by atoms with Crippen LogP contribution in [0.3, 0.4) is 0 Å². The van der Waals surface area contributed by atoms with E-state index in [4.69, 9.17) is 0 Å². The molecule has 0 aliphatic rings. The second-order valence-corrected chi connectivity index (χ2v) is 7.60. The third kappa shape index (κ3) is 6.22. The molecule has 1 rings (SSSR count). The Morgan fingerprint density at radius 2 is 1.81 bits per heavy atom. The van der Waals surface area contributed by atoms with Crippen LogP contribution in [0, 0.1) is 0 Å². The number of aromatic nitrogens is 1. The van der Waals surface area contributed by atoms with Gasteiger partial charge < -0.3 is 10.2 Å². The SMILES string of the molecule is CC(C)c1nc(N(C)CC(F)(F)F)sc1CNC(C)(C)C. The molecule has 3 nitrogen and oxygen atoms in total. The quantitative estimate of drug-likeness (QED) is 0.882. The minimum Gasteiger partial charge on any atom is -0.342 e. The summed E-state index contributed by atoms with van der Waals surface area (Å²) in [6.07, 6.45) is -4.22. The van der Waals surface area contributed by atoms with Crippen LogP contribution in [0.4, 0.5) is 18.3 Å². The summed E-state index contributed by atoms with van der Waals surface area (Å²) in [6, 6.07) is 0. The highest BCUT2D eigenvalue weighted by Crippen LogP contribution is 2.32. The van der Waals surface area contributed by atoms with Crippen molar-refractivity contribution in [2.24, 2.45) is 0 Å². The Morgan fingerprint density at radius 1 is 1.24 bits per heavy atom. The van der Waals surface area contributed by atoms with Crippen LogP contribution < -0.4 is 10.2 Å². The lowest BCUT2D eigenvalue weighted by molar-refractivity contribution is -0.119. The average molecular weight is 323 g/mol. The van der Waals surface area contributed by atoms with Crippen molar-refractivity contribution in [2.45, 2.75) is 58.8 Å². The van der Waals surface area contributed by atoms with E-state index in [0.717, 1.165) is 15.5 Å². The lowest BCUT2D eigenvalue weighted by Crippen LogP contribution is -2.35. The van der Waals surface area contributed by atoms with Gasteiger partial charge in [0, 0.05) is 24.0 Å². The standard InChI is InChI=1S/C14H24F3N3S/c1-9(2)11-10(7-18-13(3,4)5)21-12(19-11)20(6)8-14(15,16)17/h9,18H,7-8H2,1-6H3. The van der Waals surface area contributed by atoms with Crippen molar-refractivity contribution in [3.8, 4) is 0 Å². The summed E-state index contributed by atoms with van der Waals surface area (Å²) < 4.78 is 37.5. The Labute approximate surface area is 128 Å². The van der Waals surface area contributed by atoms with Crippen LogP contribution in [-0.4, -0.2) is 30.3 Å². The second-order valence-electron chi connectivity index (χ2n) is 6.53. The number of hydrogen-bond donors (Lipinski definition) is 1. The molecule has 0 saturated heterocycles. The molecule has 7 heteroatoms. The molecule has 0 fully saturated rings. The number of alkyl halides is 3. The monoisotopic (exact) mass is 323 g/mol. The van der Waals surface area contributed by atoms with Crippen molar-refractivity contribution in [2.75, 3.05) is 18.5 Å². The van der Waals surface area contributed by atoms with Crippen molar-refractivity contribution >= 4 is 16.5 Å². The van der Waals surface area contributed by atoms with Crippen molar-refractivity contribution in [3.05, 3.63) is 10.6 Å². The lowest BCUT2D eigenvalue weighted by atomic mass is 10.1. The van der Waals surface area contributed by atoms with Gasteiger partial charge in [0.05, 0.1) is 5.69 Å².